The monoisotopic (exact) mass is 289 g/mol. The molecule has 4 heteroatoms. The molecule has 0 saturated carbocycles. The maximum Gasteiger partial charge on any atom is 0.129 e. The molecule has 3 rings (SSSR count). The molecule has 2 aromatic carbocycles. The molecule has 2 aromatic rings. The number of hydrogen-bond acceptors (Lipinski definition) is 2. The van der Waals surface area contributed by atoms with Crippen LogP contribution in [0.15, 0.2) is 42.5 Å². The zero-order chi connectivity index (χ0) is 15.0. The van der Waals surface area contributed by atoms with Gasteiger partial charge in [-0.3, -0.25) is 0 Å². The smallest absolute Gasteiger partial charge is 0.129 e. The molecule has 1 aliphatic rings. The van der Waals surface area contributed by atoms with Gasteiger partial charge < -0.3 is 10.8 Å². The average molecular weight is 289 g/mol. The van der Waals surface area contributed by atoms with E-state index in [-0.39, 0.29) is 18.0 Å². The molecule has 3 N–H and O–H groups in total. The highest BCUT2D eigenvalue weighted by atomic mass is 19.1. The van der Waals surface area contributed by atoms with E-state index in [0.29, 0.717) is 0 Å². The Morgan fingerprint density at radius 3 is 2.62 bits per heavy atom. The normalized spacial score (nSPS) is 19.5. The predicted molar refractivity (Wildman–Crippen MR) is 77.0 cm³/mol. The van der Waals surface area contributed by atoms with Gasteiger partial charge in [0.05, 0.1) is 6.10 Å². The van der Waals surface area contributed by atoms with Gasteiger partial charge in [-0.15, -0.1) is 0 Å². The molecule has 110 valence electrons. The maximum absolute atomic E-state index is 13.9. The standard InChI is InChI=1S/C17H17F2NO/c18-11-5-6-13(16(19)8-11)15(9-20)17(21)14-7-10-3-1-2-4-12(10)14/h1-6,8,14-15,17,21H,7,9,20H2. The average Bonchev–Trinajstić information content (AvgIpc) is 2.43. The largest absolute Gasteiger partial charge is 0.392 e. The summed E-state index contributed by atoms with van der Waals surface area (Å²) < 4.78 is 26.9. The topological polar surface area (TPSA) is 46.2 Å². The number of aliphatic hydroxyl groups is 1. The van der Waals surface area contributed by atoms with Gasteiger partial charge in [0.1, 0.15) is 11.6 Å². The van der Waals surface area contributed by atoms with Gasteiger partial charge in [-0.05, 0) is 29.2 Å². The van der Waals surface area contributed by atoms with Gasteiger partial charge in [-0.25, -0.2) is 8.78 Å². The summed E-state index contributed by atoms with van der Waals surface area (Å²) in [5.74, 6) is -1.87. The van der Waals surface area contributed by atoms with Crippen molar-refractivity contribution < 1.29 is 13.9 Å². The van der Waals surface area contributed by atoms with Gasteiger partial charge in [0, 0.05) is 24.4 Å². The fraction of sp³-hybridized carbons (Fsp3) is 0.294. The molecule has 21 heavy (non-hydrogen) atoms. The van der Waals surface area contributed by atoms with Gasteiger partial charge in [0.15, 0.2) is 0 Å². The third-order valence-corrected chi connectivity index (χ3v) is 4.33. The van der Waals surface area contributed by atoms with E-state index in [9.17, 15) is 13.9 Å². The summed E-state index contributed by atoms with van der Waals surface area (Å²) in [6.07, 6.45) is -0.0127. The summed E-state index contributed by atoms with van der Waals surface area (Å²) in [6, 6.07) is 11.3. The van der Waals surface area contributed by atoms with Crippen molar-refractivity contribution >= 4 is 0 Å². The molecule has 0 amide bonds. The lowest BCUT2D eigenvalue weighted by molar-refractivity contribution is 0.105. The number of hydrogen-bond donors (Lipinski definition) is 2. The van der Waals surface area contributed by atoms with Crippen LogP contribution < -0.4 is 5.73 Å². The third kappa shape index (κ3) is 2.45. The number of benzene rings is 2. The fourth-order valence-electron chi connectivity index (χ4n) is 3.14. The minimum Gasteiger partial charge on any atom is -0.392 e. The van der Waals surface area contributed by atoms with Crippen LogP contribution >= 0.6 is 0 Å². The van der Waals surface area contributed by atoms with Gasteiger partial charge in [-0.2, -0.15) is 0 Å². The van der Waals surface area contributed by atoms with E-state index in [1.54, 1.807) is 0 Å². The van der Waals surface area contributed by atoms with Gasteiger partial charge in [-0.1, -0.05) is 30.3 Å². The van der Waals surface area contributed by atoms with E-state index < -0.39 is 23.7 Å². The molecule has 0 spiro atoms. The Morgan fingerprint density at radius 2 is 1.95 bits per heavy atom. The highest BCUT2D eigenvalue weighted by Crippen LogP contribution is 2.41. The van der Waals surface area contributed by atoms with E-state index in [1.807, 2.05) is 24.3 Å². The Labute approximate surface area is 122 Å². The number of fused-ring (bicyclic) bond motifs is 1. The van der Waals surface area contributed by atoms with E-state index >= 15 is 0 Å². The van der Waals surface area contributed by atoms with Crippen molar-refractivity contribution in [3.05, 3.63) is 70.8 Å². The van der Waals surface area contributed by atoms with Crippen LogP contribution in [-0.4, -0.2) is 17.8 Å². The van der Waals surface area contributed by atoms with Crippen LogP contribution in [0.1, 0.15) is 28.5 Å². The molecule has 2 nitrogen and oxygen atoms in total. The summed E-state index contributed by atoms with van der Waals surface area (Å²) in [6.45, 7) is 0.113. The van der Waals surface area contributed by atoms with Crippen LogP contribution in [0.2, 0.25) is 0 Å². The first-order valence-electron chi connectivity index (χ1n) is 7.02. The SMILES string of the molecule is NCC(c1ccc(F)cc1F)C(O)C1Cc2ccccc21. The Bertz CT molecular complexity index is 659. The molecule has 0 saturated heterocycles. The molecule has 0 bridgehead atoms. The molecule has 3 unspecified atom stereocenters. The second kappa shape index (κ2) is 5.54. The Hall–Kier alpha value is -1.78. The third-order valence-electron chi connectivity index (χ3n) is 4.33. The lowest BCUT2D eigenvalue weighted by Crippen LogP contribution is -2.37. The molecular formula is C17H17F2NO. The highest BCUT2D eigenvalue weighted by molar-refractivity contribution is 5.42. The zero-order valence-corrected chi connectivity index (χ0v) is 11.5. The Kier molecular flexibility index (Phi) is 3.74. The lowest BCUT2D eigenvalue weighted by Gasteiger charge is -2.37. The Morgan fingerprint density at radius 1 is 1.19 bits per heavy atom. The summed E-state index contributed by atoms with van der Waals surface area (Å²) in [5.41, 5.74) is 8.30. The van der Waals surface area contributed by atoms with E-state index in [1.165, 1.54) is 17.7 Å². The summed E-state index contributed by atoms with van der Waals surface area (Å²) >= 11 is 0. The minimum absolute atomic E-state index is 0.0424. The molecule has 0 heterocycles. The molecule has 0 radical (unpaired) electrons. The zero-order valence-electron chi connectivity index (χ0n) is 11.5. The van der Waals surface area contributed by atoms with Crippen molar-refractivity contribution in [2.75, 3.05) is 6.54 Å². The summed E-state index contributed by atoms with van der Waals surface area (Å²) in [7, 11) is 0. The van der Waals surface area contributed by atoms with Crippen LogP contribution in [0.4, 0.5) is 8.78 Å². The molecular weight excluding hydrogens is 272 g/mol. The van der Waals surface area contributed by atoms with Crippen molar-refractivity contribution in [3.63, 3.8) is 0 Å². The number of rotatable bonds is 4. The van der Waals surface area contributed by atoms with Crippen molar-refractivity contribution in [3.8, 4) is 0 Å². The van der Waals surface area contributed by atoms with Crippen LogP contribution in [-0.2, 0) is 6.42 Å². The van der Waals surface area contributed by atoms with Crippen LogP contribution in [0.5, 0.6) is 0 Å². The molecule has 0 fully saturated rings. The Balaban J connectivity index is 1.87. The maximum atomic E-state index is 13.9. The first-order chi connectivity index (χ1) is 10.1. The summed E-state index contributed by atoms with van der Waals surface area (Å²) in [4.78, 5) is 0. The quantitative estimate of drug-likeness (QED) is 0.909. The molecule has 0 aliphatic heterocycles. The minimum atomic E-state index is -0.773. The molecule has 3 atom stereocenters. The van der Waals surface area contributed by atoms with Crippen molar-refractivity contribution in [1.29, 1.82) is 0 Å². The van der Waals surface area contributed by atoms with E-state index in [2.05, 4.69) is 0 Å². The number of aliphatic hydroxyl groups excluding tert-OH is 1. The first kappa shape index (κ1) is 14.2. The van der Waals surface area contributed by atoms with E-state index in [0.717, 1.165) is 18.1 Å². The first-order valence-corrected chi connectivity index (χ1v) is 7.02. The van der Waals surface area contributed by atoms with Crippen LogP contribution in [0.3, 0.4) is 0 Å². The number of halogens is 2. The van der Waals surface area contributed by atoms with Crippen LogP contribution in [0.25, 0.3) is 0 Å². The second-order valence-corrected chi connectivity index (χ2v) is 5.51. The second-order valence-electron chi connectivity index (χ2n) is 5.51. The van der Waals surface area contributed by atoms with Crippen molar-refractivity contribution in [1.82, 2.24) is 0 Å². The molecule has 1 aliphatic carbocycles. The number of nitrogens with two attached hydrogens (primary N) is 1. The van der Waals surface area contributed by atoms with Gasteiger partial charge in [0.2, 0.25) is 0 Å². The van der Waals surface area contributed by atoms with Crippen molar-refractivity contribution in [2.45, 2.75) is 24.4 Å². The van der Waals surface area contributed by atoms with Gasteiger partial charge >= 0.3 is 0 Å². The van der Waals surface area contributed by atoms with E-state index in [4.69, 9.17) is 5.73 Å². The van der Waals surface area contributed by atoms with Gasteiger partial charge in [0.25, 0.3) is 0 Å². The summed E-state index contributed by atoms with van der Waals surface area (Å²) in [5, 5.41) is 10.6. The van der Waals surface area contributed by atoms with Crippen LogP contribution in [0, 0.1) is 11.6 Å². The predicted octanol–water partition coefficient (Wildman–Crippen LogP) is 2.71. The fourth-order valence-corrected chi connectivity index (χ4v) is 3.14. The highest BCUT2D eigenvalue weighted by Gasteiger charge is 2.37. The van der Waals surface area contributed by atoms with Crippen molar-refractivity contribution in [2.24, 2.45) is 5.73 Å². The molecule has 0 aromatic heterocycles. The lowest BCUT2D eigenvalue weighted by atomic mass is 9.70.